The monoisotopic (exact) mass is 1440 g/mol. The van der Waals surface area contributed by atoms with E-state index in [1.165, 1.54) is 141 Å². The van der Waals surface area contributed by atoms with E-state index >= 15 is 0 Å². The van der Waals surface area contributed by atoms with Gasteiger partial charge in [-0.05, 0) is 167 Å². The van der Waals surface area contributed by atoms with Crippen molar-refractivity contribution >= 4 is 23.9 Å². The fourth-order valence-electron chi connectivity index (χ4n) is 12.9. The first-order chi connectivity index (χ1) is 50.1. The van der Waals surface area contributed by atoms with Crippen LogP contribution in [0.1, 0.15) is 427 Å². The van der Waals surface area contributed by atoms with Crippen LogP contribution in [0.5, 0.6) is 0 Å². The molecule has 102 heavy (non-hydrogen) atoms. The van der Waals surface area contributed by atoms with Gasteiger partial charge in [0.15, 0.2) is 0 Å². The zero-order valence-electron chi connectivity index (χ0n) is 68.3. The molecule has 12 heteroatoms. The highest BCUT2D eigenvalue weighted by Crippen LogP contribution is 2.19. The molecule has 0 atom stereocenters. The van der Waals surface area contributed by atoms with Gasteiger partial charge in [-0.1, -0.05) is 308 Å². The molecule has 0 spiro atoms. The molecule has 0 aromatic carbocycles. The lowest BCUT2D eigenvalue weighted by atomic mass is 10.1. The zero-order chi connectivity index (χ0) is 74.6. The summed E-state index contributed by atoms with van der Waals surface area (Å²) in [5, 5.41) is 19.1. The molecule has 12 nitrogen and oxygen atoms in total. The summed E-state index contributed by atoms with van der Waals surface area (Å²) in [4.78, 5) is 54.1. The molecular weight excluding hydrogens is 1270 g/mol. The fourth-order valence-corrected chi connectivity index (χ4v) is 12.9. The summed E-state index contributed by atoms with van der Waals surface area (Å²) < 4.78 is 22.7. The third-order valence-electron chi connectivity index (χ3n) is 19.6. The second-order valence-electron chi connectivity index (χ2n) is 29.6. The van der Waals surface area contributed by atoms with E-state index in [9.17, 15) is 29.4 Å². The lowest BCUT2D eigenvalue weighted by Crippen LogP contribution is -2.29. The standard InChI is InChI=1S/C46H87NO5.C44H83NO5/c1-4-7-10-13-16-17-18-27-34-43-51-45(49)37-30-23-19-25-32-39-47(41-42-48)40-33-26-20-24-31-38-46(50)52-44(35-28-21-14-11-8-5-2)36-29-22-15-12-9-6-3;1-4-7-10-13-16-25-32-41-49-43(47)35-28-21-17-23-30-37-45(39-40-46)38-31-24-18-22-29-36-44(48)50-42(33-26-19-14-11-8-5-2)34-27-20-15-12-9-6-3/h14-15,21-22,44,48H,4-13,16-20,23-43H2,1-3H3;14-15,19-20,42,46H,4-13,16-18,21-41H2,1-3H3/b21-14-,22-15-;19-14-,20-15-. The van der Waals surface area contributed by atoms with Crippen molar-refractivity contribution in [3.63, 3.8) is 0 Å². The number of unbranched alkanes of at least 4 members (excludes halogenated alkanes) is 38. The van der Waals surface area contributed by atoms with Crippen molar-refractivity contribution in [3.8, 4) is 0 Å². The zero-order valence-corrected chi connectivity index (χ0v) is 68.3. The van der Waals surface area contributed by atoms with Crippen LogP contribution in [0.3, 0.4) is 0 Å². The Hall–Kier alpha value is -3.32. The van der Waals surface area contributed by atoms with Crippen LogP contribution in [0.4, 0.5) is 0 Å². The molecule has 0 saturated heterocycles. The number of nitrogens with zero attached hydrogens (tertiary/aromatic N) is 2. The number of carbonyl (C=O) groups is 4. The minimum atomic E-state index is -0.0352. The van der Waals surface area contributed by atoms with Crippen molar-refractivity contribution in [1.29, 1.82) is 0 Å². The molecule has 0 heterocycles. The molecule has 0 fully saturated rings. The number of hydrogen-bond acceptors (Lipinski definition) is 12. The molecule has 0 aliphatic carbocycles. The highest BCUT2D eigenvalue weighted by atomic mass is 16.6. The van der Waals surface area contributed by atoms with E-state index < -0.39 is 0 Å². The molecule has 0 bridgehead atoms. The van der Waals surface area contributed by atoms with Gasteiger partial charge >= 0.3 is 23.9 Å². The van der Waals surface area contributed by atoms with Gasteiger partial charge < -0.3 is 39.0 Å². The van der Waals surface area contributed by atoms with Crippen molar-refractivity contribution in [2.75, 3.05) is 65.7 Å². The number of aliphatic hydroxyl groups is 2. The Morgan fingerprint density at radius 1 is 0.255 bits per heavy atom. The molecule has 0 aromatic rings. The van der Waals surface area contributed by atoms with Crippen LogP contribution in [0.25, 0.3) is 0 Å². The Morgan fingerprint density at radius 2 is 0.471 bits per heavy atom. The lowest BCUT2D eigenvalue weighted by molar-refractivity contribution is -0.150. The molecule has 600 valence electrons. The highest BCUT2D eigenvalue weighted by Gasteiger charge is 2.16. The Kier molecular flexibility index (Phi) is 85.5. The molecule has 0 aliphatic heterocycles. The molecule has 0 unspecified atom stereocenters. The summed E-state index contributed by atoms with van der Waals surface area (Å²) in [6.45, 7) is 20.5. The maximum absolute atomic E-state index is 12.7. The van der Waals surface area contributed by atoms with Gasteiger partial charge in [-0.3, -0.25) is 19.2 Å². The first-order valence-electron chi connectivity index (χ1n) is 44.1. The topological polar surface area (TPSA) is 152 Å². The molecule has 0 rings (SSSR count). The maximum atomic E-state index is 12.7. The molecule has 0 saturated carbocycles. The largest absolute Gasteiger partial charge is 0.466 e. The summed E-state index contributed by atoms with van der Waals surface area (Å²) in [6.07, 6.45) is 84.1. The van der Waals surface area contributed by atoms with Crippen molar-refractivity contribution in [1.82, 2.24) is 9.80 Å². The molecule has 0 aliphatic rings. The van der Waals surface area contributed by atoms with Gasteiger partial charge in [0.1, 0.15) is 12.2 Å². The van der Waals surface area contributed by atoms with E-state index in [0.29, 0.717) is 38.9 Å². The predicted molar refractivity (Wildman–Crippen MR) is 436 cm³/mol. The van der Waals surface area contributed by atoms with Crippen LogP contribution in [-0.2, 0) is 38.1 Å². The average Bonchev–Trinajstić information content (AvgIpc) is 1.73. The van der Waals surface area contributed by atoms with Crippen LogP contribution in [-0.4, -0.2) is 122 Å². The SMILES string of the molecule is CCCC/C=C\CCC(CC/C=C\CCCC)OC(=O)CCCCCCCN(CCO)CCCCCCCC(=O)OCCCCCCCCC.CCCC/C=C\CCC(CC/C=C\CCCC)OC(=O)CCCCCCCN(CCO)CCCCCCCC(=O)OCCCCCCCCCCC. The Bertz CT molecular complexity index is 1810. The van der Waals surface area contributed by atoms with E-state index in [1.54, 1.807) is 0 Å². The molecular formula is C90H170N2O10. The van der Waals surface area contributed by atoms with Gasteiger partial charge in [-0.15, -0.1) is 0 Å². The highest BCUT2D eigenvalue weighted by molar-refractivity contribution is 5.70. The van der Waals surface area contributed by atoms with Crippen molar-refractivity contribution in [2.24, 2.45) is 0 Å². The first kappa shape index (κ1) is 101. The minimum Gasteiger partial charge on any atom is -0.466 e. The lowest BCUT2D eigenvalue weighted by Gasteiger charge is -2.21. The van der Waals surface area contributed by atoms with Crippen LogP contribution in [0, 0.1) is 0 Å². The van der Waals surface area contributed by atoms with Crippen LogP contribution < -0.4 is 0 Å². The van der Waals surface area contributed by atoms with E-state index in [-0.39, 0.29) is 49.3 Å². The minimum absolute atomic E-state index is 0.0134. The number of carbonyl (C=O) groups excluding carboxylic acids is 4. The van der Waals surface area contributed by atoms with Gasteiger partial charge in [-0.2, -0.15) is 0 Å². The van der Waals surface area contributed by atoms with E-state index in [2.05, 4.69) is 100.0 Å². The molecule has 2 N–H and O–H groups in total. The maximum Gasteiger partial charge on any atom is 0.306 e. The Balaban J connectivity index is 0. The van der Waals surface area contributed by atoms with Crippen LogP contribution in [0.2, 0.25) is 0 Å². The third kappa shape index (κ3) is 80.8. The second kappa shape index (κ2) is 86.6. The summed E-state index contributed by atoms with van der Waals surface area (Å²) >= 11 is 0. The number of ether oxygens (including phenoxy) is 4. The molecule has 0 aromatic heterocycles. The first-order valence-corrected chi connectivity index (χ1v) is 44.1. The number of aliphatic hydroxyl groups excluding tert-OH is 2. The van der Waals surface area contributed by atoms with Crippen molar-refractivity contribution in [2.45, 2.75) is 439 Å². The van der Waals surface area contributed by atoms with Crippen molar-refractivity contribution in [3.05, 3.63) is 48.6 Å². The van der Waals surface area contributed by atoms with Gasteiger partial charge in [0.2, 0.25) is 0 Å². The van der Waals surface area contributed by atoms with E-state index in [4.69, 9.17) is 18.9 Å². The smallest absolute Gasteiger partial charge is 0.306 e. The summed E-state index contributed by atoms with van der Waals surface area (Å²) in [7, 11) is 0. The number of allylic oxidation sites excluding steroid dienone is 8. The summed E-state index contributed by atoms with van der Waals surface area (Å²) in [5.41, 5.74) is 0. The molecule has 0 radical (unpaired) electrons. The quantitative estimate of drug-likeness (QED) is 0.0258. The van der Waals surface area contributed by atoms with E-state index in [1.807, 2.05) is 0 Å². The van der Waals surface area contributed by atoms with E-state index in [0.717, 1.165) is 258 Å². The van der Waals surface area contributed by atoms with Crippen LogP contribution in [0.15, 0.2) is 48.6 Å². The summed E-state index contributed by atoms with van der Waals surface area (Å²) in [5.74, 6) is -0.135. The number of hydrogen-bond donors (Lipinski definition) is 2. The van der Waals surface area contributed by atoms with Gasteiger partial charge in [0, 0.05) is 38.8 Å². The normalized spacial score (nSPS) is 11.9. The summed E-state index contributed by atoms with van der Waals surface area (Å²) in [6, 6.07) is 0. The Morgan fingerprint density at radius 3 is 0.725 bits per heavy atom. The molecule has 0 amide bonds. The predicted octanol–water partition coefficient (Wildman–Crippen LogP) is 25.2. The fraction of sp³-hybridized carbons (Fsp3) is 0.867. The van der Waals surface area contributed by atoms with Crippen molar-refractivity contribution < 1.29 is 48.3 Å². The average molecular weight is 1440 g/mol. The van der Waals surface area contributed by atoms with Crippen LogP contribution >= 0.6 is 0 Å². The Labute approximate surface area is 632 Å². The number of rotatable bonds is 80. The van der Waals surface area contributed by atoms with Gasteiger partial charge in [0.05, 0.1) is 26.4 Å². The second-order valence-corrected chi connectivity index (χ2v) is 29.6. The third-order valence-corrected chi connectivity index (χ3v) is 19.6. The van der Waals surface area contributed by atoms with Gasteiger partial charge in [0.25, 0.3) is 0 Å². The van der Waals surface area contributed by atoms with Gasteiger partial charge in [-0.25, -0.2) is 0 Å². The number of esters is 4.